The fourth-order valence-corrected chi connectivity index (χ4v) is 4.94. The minimum atomic E-state index is -3.75. The monoisotopic (exact) mass is 515 g/mol. The van der Waals surface area contributed by atoms with Crippen molar-refractivity contribution in [3.63, 3.8) is 0 Å². The second kappa shape index (κ2) is 10.5. The first kappa shape index (κ1) is 24.7. The lowest BCUT2D eigenvalue weighted by Gasteiger charge is -2.36. The molecule has 0 aliphatic carbocycles. The Morgan fingerprint density at radius 3 is 2.31 bits per heavy atom. The molecule has 1 aliphatic rings. The summed E-state index contributed by atoms with van der Waals surface area (Å²) in [6.07, 6.45) is 2.74. The highest BCUT2D eigenvalue weighted by molar-refractivity contribution is 7.92. The maximum atomic E-state index is 12.6. The first-order valence-corrected chi connectivity index (χ1v) is 12.9. The zero-order valence-corrected chi connectivity index (χ0v) is 21.0. The van der Waals surface area contributed by atoms with E-state index in [0.717, 1.165) is 16.8 Å². The number of hydrogen-bond donors (Lipinski definition) is 1. The maximum absolute atomic E-state index is 12.6. The van der Waals surface area contributed by atoms with Crippen molar-refractivity contribution in [3.05, 3.63) is 71.1 Å². The Labute approximate surface area is 209 Å². The van der Waals surface area contributed by atoms with Crippen LogP contribution < -0.4 is 14.4 Å². The van der Waals surface area contributed by atoms with Crippen LogP contribution in [0.3, 0.4) is 0 Å². The second-order valence-corrected chi connectivity index (χ2v) is 10.3. The molecule has 9 nitrogen and oxygen atoms in total. The summed E-state index contributed by atoms with van der Waals surface area (Å²) in [4.78, 5) is 24.3. The minimum Gasteiger partial charge on any atom is -0.484 e. The molecule has 3 aromatic rings. The number of ether oxygens (including phenoxy) is 1. The number of sulfonamides is 1. The first-order chi connectivity index (χ1) is 16.7. The van der Waals surface area contributed by atoms with Crippen molar-refractivity contribution in [1.29, 1.82) is 0 Å². The van der Waals surface area contributed by atoms with Gasteiger partial charge in [-0.3, -0.25) is 9.52 Å². The van der Waals surface area contributed by atoms with Gasteiger partial charge in [0.05, 0.1) is 4.90 Å². The molecular weight excluding hydrogens is 490 g/mol. The van der Waals surface area contributed by atoms with Crippen LogP contribution in [0, 0.1) is 13.8 Å². The van der Waals surface area contributed by atoms with Crippen LogP contribution in [0.1, 0.15) is 11.1 Å². The molecule has 0 unspecified atom stereocenters. The van der Waals surface area contributed by atoms with Crippen molar-refractivity contribution < 1.29 is 17.9 Å². The number of halogens is 1. The molecule has 1 aliphatic heterocycles. The molecule has 4 rings (SSSR count). The Morgan fingerprint density at radius 1 is 1.06 bits per heavy atom. The molecule has 0 bridgehead atoms. The number of hydrogen-bond acceptors (Lipinski definition) is 7. The van der Waals surface area contributed by atoms with Gasteiger partial charge in [0.2, 0.25) is 0 Å². The van der Waals surface area contributed by atoms with Gasteiger partial charge in [0, 0.05) is 43.1 Å². The van der Waals surface area contributed by atoms with E-state index in [1.807, 2.05) is 26.0 Å². The number of carbonyl (C=O) groups is 1. The Morgan fingerprint density at radius 2 is 1.71 bits per heavy atom. The molecule has 35 heavy (non-hydrogen) atoms. The third kappa shape index (κ3) is 6.01. The number of piperazine rings is 1. The fourth-order valence-electron chi connectivity index (χ4n) is 3.82. The second-order valence-electron chi connectivity index (χ2n) is 8.22. The Bertz CT molecular complexity index is 1270. The van der Waals surface area contributed by atoms with Crippen LogP contribution in [-0.2, 0) is 14.8 Å². The summed E-state index contributed by atoms with van der Waals surface area (Å²) < 4.78 is 33.3. The normalized spacial score (nSPS) is 14.0. The van der Waals surface area contributed by atoms with Crippen LogP contribution in [0.2, 0.25) is 5.02 Å². The van der Waals surface area contributed by atoms with E-state index in [9.17, 15) is 13.2 Å². The highest BCUT2D eigenvalue weighted by atomic mass is 35.5. The van der Waals surface area contributed by atoms with Gasteiger partial charge in [-0.05, 0) is 67.4 Å². The standard InChI is InChI=1S/C24H26ClN5O4S/c1-17-13-20(14-18(2)24(17)25)34-15-23(31)30-11-9-29(10-12-30)19-3-5-21(6-4-19)35(32,33)28-22-7-8-26-16-27-22/h3-8,13-14,16H,9-12,15H2,1-2H3,(H,26,27,28). The summed E-state index contributed by atoms with van der Waals surface area (Å²) in [7, 11) is -3.75. The van der Waals surface area contributed by atoms with Crippen LogP contribution in [0.5, 0.6) is 5.75 Å². The van der Waals surface area contributed by atoms with Gasteiger partial charge in [-0.1, -0.05) is 11.6 Å². The summed E-state index contributed by atoms with van der Waals surface area (Å²) in [6.45, 7) is 6.14. The summed E-state index contributed by atoms with van der Waals surface area (Å²) in [5.41, 5.74) is 2.71. The molecule has 1 fully saturated rings. The van der Waals surface area contributed by atoms with Crippen LogP contribution >= 0.6 is 11.6 Å². The molecule has 184 valence electrons. The molecule has 11 heteroatoms. The Balaban J connectivity index is 1.30. The van der Waals surface area contributed by atoms with Gasteiger partial charge in [-0.25, -0.2) is 18.4 Å². The molecular formula is C24H26ClN5O4S. The molecule has 2 heterocycles. The summed E-state index contributed by atoms with van der Waals surface area (Å²) in [6, 6.07) is 11.8. The number of nitrogens with zero attached hydrogens (tertiary/aromatic N) is 4. The van der Waals surface area contributed by atoms with E-state index in [2.05, 4.69) is 19.6 Å². The highest BCUT2D eigenvalue weighted by Crippen LogP contribution is 2.26. The topological polar surface area (TPSA) is 105 Å². The van der Waals surface area contributed by atoms with Gasteiger partial charge in [-0.2, -0.15) is 0 Å². The van der Waals surface area contributed by atoms with Crippen molar-refractivity contribution >= 4 is 39.0 Å². The van der Waals surface area contributed by atoms with Crippen LogP contribution in [0.15, 0.2) is 59.9 Å². The van der Waals surface area contributed by atoms with Crippen molar-refractivity contribution in [3.8, 4) is 5.75 Å². The highest BCUT2D eigenvalue weighted by Gasteiger charge is 2.22. The summed E-state index contributed by atoms with van der Waals surface area (Å²) >= 11 is 6.19. The molecule has 0 atom stereocenters. The van der Waals surface area contributed by atoms with Gasteiger partial charge in [0.25, 0.3) is 15.9 Å². The third-order valence-electron chi connectivity index (χ3n) is 5.74. The minimum absolute atomic E-state index is 0.0353. The van der Waals surface area contributed by atoms with Crippen molar-refractivity contribution in [2.75, 3.05) is 42.4 Å². The molecule has 2 aromatic carbocycles. The predicted octanol–water partition coefficient (Wildman–Crippen LogP) is 3.28. The average Bonchev–Trinajstić information content (AvgIpc) is 2.86. The van der Waals surface area contributed by atoms with Crippen LogP contribution in [-0.4, -0.2) is 62.0 Å². The quantitative estimate of drug-likeness (QED) is 0.515. The van der Waals surface area contributed by atoms with Gasteiger partial charge >= 0.3 is 0 Å². The molecule has 0 radical (unpaired) electrons. The van der Waals surface area contributed by atoms with Gasteiger partial charge in [0.15, 0.2) is 6.61 Å². The van der Waals surface area contributed by atoms with E-state index in [1.165, 1.54) is 18.6 Å². The average molecular weight is 516 g/mol. The molecule has 0 spiro atoms. The number of aromatic nitrogens is 2. The smallest absolute Gasteiger partial charge is 0.263 e. The fraction of sp³-hybridized carbons (Fsp3) is 0.292. The number of benzene rings is 2. The van der Waals surface area contributed by atoms with Crippen molar-refractivity contribution in [1.82, 2.24) is 14.9 Å². The van der Waals surface area contributed by atoms with Crippen LogP contribution in [0.4, 0.5) is 11.5 Å². The predicted molar refractivity (Wildman–Crippen MR) is 134 cm³/mol. The zero-order valence-electron chi connectivity index (χ0n) is 19.4. The van der Waals surface area contributed by atoms with Gasteiger partial charge in [0.1, 0.15) is 17.9 Å². The Hall–Kier alpha value is -3.37. The lowest BCUT2D eigenvalue weighted by molar-refractivity contribution is -0.133. The lowest BCUT2D eigenvalue weighted by Crippen LogP contribution is -2.50. The summed E-state index contributed by atoms with van der Waals surface area (Å²) in [5.74, 6) is 0.753. The van der Waals surface area contributed by atoms with E-state index < -0.39 is 10.0 Å². The maximum Gasteiger partial charge on any atom is 0.263 e. The SMILES string of the molecule is Cc1cc(OCC(=O)N2CCN(c3ccc(S(=O)(=O)Nc4ccncn4)cc3)CC2)cc(C)c1Cl. The molecule has 1 saturated heterocycles. The van der Waals surface area contributed by atoms with Crippen molar-refractivity contribution in [2.24, 2.45) is 0 Å². The van der Waals surface area contributed by atoms with E-state index in [-0.39, 0.29) is 23.2 Å². The van der Waals surface area contributed by atoms with E-state index in [1.54, 1.807) is 29.2 Å². The lowest BCUT2D eigenvalue weighted by atomic mass is 10.1. The number of aryl methyl sites for hydroxylation is 2. The number of rotatable bonds is 7. The number of nitrogens with one attached hydrogen (secondary N) is 1. The third-order valence-corrected chi connectivity index (χ3v) is 7.70. The molecule has 0 saturated carbocycles. The van der Waals surface area contributed by atoms with Crippen LogP contribution in [0.25, 0.3) is 0 Å². The number of carbonyl (C=O) groups excluding carboxylic acids is 1. The van der Waals surface area contributed by atoms with E-state index in [4.69, 9.17) is 16.3 Å². The van der Waals surface area contributed by atoms with E-state index in [0.29, 0.717) is 37.0 Å². The number of anilines is 2. The molecule has 1 amide bonds. The summed E-state index contributed by atoms with van der Waals surface area (Å²) in [5, 5.41) is 0.701. The first-order valence-electron chi connectivity index (χ1n) is 11.0. The number of amides is 1. The van der Waals surface area contributed by atoms with E-state index >= 15 is 0 Å². The van der Waals surface area contributed by atoms with Crippen molar-refractivity contribution in [2.45, 2.75) is 18.7 Å². The molecule has 1 N–H and O–H groups in total. The molecule has 1 aromatic heterocycles. The Kier molecular flexibility index (Phi) is 7.42. The largest absolute Gasteiger partial charge is 0.484 e. The van der Waals surface area contributed by atoms with Gasteiger partial charge in [-0.15, -0.1) is 0 Å². The zero-order chi connectivity index (χ0) is 25.0. The van der Waals surface area contributed by atoms with Gasteiger partial charge < -0.3 is 14.5 Å².